The van der Waals surface area contributed by atoms with Gasteiger partial charge in [-0.05, 0) is 59.9 Å². The summed E-state index contributed by atoms with van der Waals surface area (Å²) in [5, 5.41) is 0. The van der Waals surface area contributed by atoms with Crippen LogP contribution in [0.4, 0.5) is 0 Å². The summed E-state index contributed by atoms with van der Waals surface area (Å²) in [6.07, 6.45) is 5.12. The van der Waals surface area contributed by atoms with Crippen molar-refractivity contribution in [2.24, 2.45) is 0 Å². The molecular formula is C20H22OS2. The van der Waals surface area contributed by atoms with Gasteiger partial charge in [0.05, 0.1) is 4.58 Å². The van der Waals surface area contributed by atoms with Gasteiger partial charge in [-0.25, -0.2) is 0 Å². The van der Waals surface area contributed by atoms with Gasteiger partial charge in [0.1, 0.15) is 11.9 Å². The minimum Gasteiger partial charge on any atom is -0.485 e. The van der Waals surface area contributed by atoms with Crippen LogP contribution in [0.5, 0.6) is 5.75 Å². The molecule has 0 radical (unpaired) electrons. The summed E-state index contributed by atoms with van der Waals surface area (Å²) in [6, 6.07) is 17.5. The average Bonchev–Trinajstić information content (AvgIpc) is 2.91. The van der Waals surface area contributed by atoms with Crippen molar-refractivity contribution in [3.8, 4) is 5.75 Å². The van der Waals surface area contributed by atoms with Gasteiger partial charge in [-0.15, -0.1) is 23.5 Å². The van der Waals surface area contributed by atoms with Gasteiger partial charge in [-0.2, -0.15) is 0 Å². The average molecular weight is 343 g/mol. The number of ether oxygens (including phenoxy) is 1. The zero-order chi connectivity index (χ0) is 15.5. The molecule has 0 N–H and O–H groups in total. The van der Waals surface area contributed by atoms with E-state index in [1.165, 1.54) is 41.0 Å². The smallest absolute Gasteiger partial charge is 0.124 e. The molecule has 0 bridgehead atoms. The van der Waals surface area contributed by atoms with Crippen LogP contribution in [-0.4, -0.2) is 11.5 Å². The van der Waals surface area contributed by atoms with Crippen molar-refractivity contribution in [2.45, 2.75) is 36.4 Å². The molecule has 2 aromatic rings. The van der Waals surface area contributed by atoms with Crippen LogP contribution in [0.1, 0.15) is 46.6 Å². The minimum absolute atomic E-state index is 0.205. The third-order valence-electron chi connectivity index (χ3n) is 4.55. The minimum atomic E-state index is 0.205. The molecule has 1 fully saturated rings. The Morgan fingerprint density at radius 1 is 0.870 bits per heavy atom. The maximum absolute atomic E-state index is 6.27. The second-order valence-electron chi connectivity index (χ2n) is 6.20. The zero-order valence-corrected chi connectivity index (χ0v) is 14.9. The first-order valence-electron chi connectivity index (χ1n) is 8.48. The van der Waals surface area contributed by atoms with Crippen LogP contribution < -0.4 is 4.74 Å². The summed E-state index contributed by atoms with van der Waals surface area (Å²) in [6.45, 7) is 0. The molecule has 2 aromatic carbocycles. The lowest BCUT2D eigenvalue weighted by Crippen LogP contribution is -2.15. The number of hydrogen-bond acceptors (Lipinski definition) is 3. The molecule has 2 aliphatic heterocycles. The standard InChI is InChI=1S/C20H22OS2/c1-2-6-15(7-3-1)18-10-8-16-14-17(9-11-19(16)21-18)20-22-12-4-5-13-23-20/h1-3,6-7,9,11,14,18,20H,4-5,8,10,12-13H2. The van der Waals surface area contributed by atoms with Crippen molar-refractivity contribution in [1.29, 1.82) is 0 Å². The Hall–Kier alpha value is -1.06. The maximum atomic E-state index is 6.27. The molecule has 0 aromatic heterocycles. The molecule has 1 unspecified atom stereocenters. The third-order valence-corrected chi connectivity index (χ3v) is 7.57. The molecule has 0 spiro atoms. The quantitative estimate of drug-likeness (QED) is 0.661. The van der Waals surface area contributed by atoms with Gasteiger partial charge in [0.2, 0.25) is 0 Å². The lowest BCUT2D eigenvalue weighted by Gasteiger charge is -2.27. The van der Waals surface area contributed by atoms with Gasteiger partial charge in [0, 0.05) is 0 Å². The van der Waals surface area contributed by atoms with Crippen LogP contribution in [0.25, 0.3) is 0 Å². The second kappa shape index (κ2) is 7.23. The summed E-state index contributed by atoms with van der Waals surface area (Å²) in [5.74, 6) is 3.67. The Labute approximate surface area is 147 Å². The van der Waals surface area contributed by atoms with Crippen molar-refractivity contribution < 1.29 is 4.74 Å². The van der Waals surface area contributed by atoms with Crippen molar-refractivity contribution in [1.82, 2.24) is 0 Å². The van der Waals surface area contributed by atoms with Gasteiger partial charge in [-0.1, -0.05) is 42.5 Å². The third kappa shape index (κ3) is 3.56. The van der Waals surface area contributed by atoms with E-state index in [2.05, 4.69) is 72.1 Å². The number of benzene rings is 2. The molecule has 0 aliphatic carbocycles. The Bertz CT molecular complexity index is 648. The highest BCUT2D eigenvalue weighted by Crippen LogP contribution is 2.44. The van der Waals surface area contributed by atoms with E-state index in [0.29, 0.717) is 4.58 Å². The van der Waals surface area contributed by atoms with Gasteiger partial charge < -0.3 is 4.74 Å². The normalized spacial score (nSPS) is 22.0. The highest BCUT2D eigenvalue weighted by molar-refractivity contribution is 8.16. The first-order valence-corrected chi connectivity index (χ1v) is 10.6. The molecule has 0 saturated carbocycles. The second-order valence-corrected chi connectivity index (χ2v) is 8.93. The largest absolute Gasteiger partial charge is 0.485 e. The monoisotopic (exact) mass is 342 g/mol. The summed E-state index contributed by atoms with van der Waals surface area (Å²) in [4.78, 5) is 0. The van der Waals surface area contributed by atoms with Gasteiger partial charge >= 0.3 is 0 Å². The maximum Gasteiger partial charge on any atom is 0.124 e. The number of thioether (sulfide) groups is 2. The zero-order valence-electron chi connectivity index (χ0n) is 13.2. The van der Waals surface area contributed by atoms with Gasteiger partial charge in [0.15, 0.2) is 0 Å². The molecule has 4 rings (SSSR count). The lowest BCUT2D eigenvalue weighted by molar-refractivity contribution is 0.176. The van der Waals surface area contributed by atoms with E-state index in [4.69, 9.17) is 4.74 Å². The van der Waals surface area contributed by atoms with Crippen LogP contribution in [0, 0.1) is 0 Å². The molecule has 120 valence electrons. The van der Waals surface area contributed by atoms with Crippen molar-refractivity contribution in [3.63, 3.8) is 0 Å². The number of aryl methyl sites for hydroxylation is 1. The van der Waals surface area contributed by atoms with Crippen LogP contribution >= 0.6 is 23.5 Å². The highest BCUT2D eigenvalue weighted by atomic mass is 32.2. The fraction of sp³-hybridized carbons (Fsp3) is 0.400. The van der Waals surface area contributed by atoms with Crippen molar-refractivity contribution in [2.75, 3.05) is 11.5 Å². The van der Waals surface area contributed by atoms with Crippen LogP contribution in [0.3, 0.4) is 0 Å². The fourth-order valence-corrected chi connectivity index (χ4v) is 6.09. The summed E-state index contributed by atoms with van der Waals surface area (Å²) < 4.78 is 6.88. The molecule has 2 aliphatic rings. The van der Waals surface area contributed by atoms with Crippen molar-refractivity contribution >= 4 is 23.5 Å². The lowest BCUT2D eigenvalue weighted by atomic mass is 9.96. The van der Waals surface area contributed by atoms with Gasteiger partial charge in [0.25, 0.3) is 0 Å². The first kappa shape index (κ1) is 15.5. The van der Waals surface area contributed by atoms with E-state index in [1.54, 1.807) is 0 Å². The molecule has 3 heteroatoms. The molecule has 0 amide bonds. The topological polar surface area (TPSA) is 9.23 Å². The van der Waals surface area contributed by atoms with E-state index in [1.807, 2.05) is 0 Å². The number of fused-ring (bicyclic) bond motifs is 1. The summed E-state index contributed by atoms with van der Waals surface area (Å²) in [7, 11) is 0. The number of rotatable bonds is 2. The summed E-state index contributed by atoms with van der Waals surface area (Å²) >= 11 is 4.21. The molecule has 23 heavy (non-hydrogen) atoms. The predicted octanol–water partition coefficient (Wildman–Crippen LogP) is 6.01. The van der Waals surface area contributed by atoms with E-state index in [-0.39, 0.29) is 6.10 Å². The molecule has 2 heterocycles. The van der Waals surface area contributed by atoms with E-state index >= 15 is 0 Å². The Kier molecular flexibility index (Phi) is 4.86. The summed E-state index contributed by atoms with van der Waals surface area (Å²) in [5.41, 5.74) is 4.15. The van der Waals surface area contributed by atoms with E-state index < -0.39 is 0 Å². The number of hydrogen-bond donors (Lipinski definition) is 0. The molecule has 1 nitrogen and oxygen atoms in total. The first-order chi connectivity index (χ1) is 11.4. The van der Waals surface area contributed by atoms with Gasteiger partial charge in [-0.3, -0.25) is 0 Å². The SMILES string of the molecule is c1ccc(C2CCc3cc(C4SCCCCS4)ccc3O2)cc1. The Morgan fingerprint density at radius 2 is 1.65 bits per heavy atom. The Balaban J connectivity index is 1.52. The highest BCUT2D eigenvalue weighted by Gasteiger charge is 2.23. The molecule has 1 atom stereocenters. The van der Waals surface area contributed by atoms with Crippen molar-refractivity contribution in [3.05, 3.63) is 65.2 Å². The fourth-order valence-electron chi connectivity index (χ4n) is 3.28. The molecular weight excluding hydrogens is 320 g/mol. The Morgan fingerprint density at radius 3 is 2.43 bits per heavy atom. The predicted molar refractivity (Wildman–Crippen MR) is 101 cm³/mol. The molecule has 1 saturated heterocycles. The van der Waals surface area contributed by atoms with E-state index in [0.717, 1.165) is 18.6 Å². The van der Waals surface area contributed by atoms with E-state index in [9.17, 15) is 0 Å². The van der Waals surface area contributed by atoms with Crippen LogP contribution in [-0.2, 0) is 6.42 Å². The van der Waals surface area contributed by atoms with Crippen LogP contribution in [0.2, 0.25) is 0 Å². The van der Waals surface area contributed by atoms with Crippen LogP contribution in [0.15, 0.2) is 48.5 Å².